The fraction of sp³-hybridized carbons (Fsp3) is 0.350. The minimum absolute atomic E-state index is 0.527. The third-order valence-corrected chi connectivity index (χ3v) is 4.62. The number of thiocarbonyl (C=S) groups is 1. The highest BCUT2D eigenvalue weighted by Crippen LogP contribution is 2.31. The number of anilines is 1. The van der Waals surface area contributed by atoms with Gasteiger partial charge in [0, 0.05) is 19.3 Å². The van der Waals surface area contributed by atoms with Gasteiger partial charge in [-0.1, -0.05) is 32.0 Å². The summed E-state index contributed by atoms with van der Waals surface area (Å²) in [5.41, 5.74) is 3.45. The molecular weight excluding hydrogens is 332 g/mol. The van der Waals surface area contributed by atoms with E-state index in [0.29, 0.717) is 30.8 Å². The minimum Gasteiger partial charge on any atom is -0.486 e. The van der Waals surface area contributed by atoms with E-state index in [0.717, 1.165) is 22.7 Å². The molecule has 0 saturated carbocycles. The van der Waals surface area contributed by atoms with Gasteiger partial charge >= 0.3 is 0 Å². The first-order valence-electron chi connectivity index (χ1n) is 8.53. The van der Waals surface area contributed by atoms with Crippen LogP contribution in [0.3, 0.4) is 0 Å². The molecule has 2 aromatic rings. The van der Waals surface area contributed by atoms with Gasteiger partial charge in [0.05, 0.1) is 0 Å². The maximum Gasteiger partial charge on any atom is 0.173 e. The molecule has 0 spiro atoms. The zero-order valence-electron chi connectivity index (χ0n) is 14.9. The van der Waals surface area contributed by atoms with Crippen LogP contribution in [0.1, 0.15) is 30.9 Å². The zero-order chi connectivity index (χ0) is 17.8. The lowest BCUT2D eigenvalue weighted by molar-refractivity contribution is 0.171. The Labute approximate surface area is 154 Å². The summed E-state index contributed by atoms with van der Waals surface area (Å²) in [4.78, 5) is 2.01. The summed E-state index contributed by atoms with van der Waals surface area (Å²) < 4.78 is 11.2. The van der Waals surface area contributed by atoms with Crippen molar-refractivity contribution in [1.82, 2.24) is 4.90 Å². The molecule has 0 saturated heterocycles. The number of nitrogens with one attached hydrogen (secondary N) is 1. The Hall–Kier alpha value is -2.27. The summed E-state index contributed by atoms with van der Waals surface area (Å²) in [5, 5.41) is 3.98. The summed E-state index contributed by atoms with van der Waals surface area (Å²) >= 11 is 5.52. The topological polar surface area (TPSA) is 33.7 Å². The van der Waals surface area contributed by atoms with E-state index < -0.39 is 0 Å². The van der Waals surface area contributed by atoms with Gasteiger partial charge in [-0.2, -0.15) is 0 Å². The van der Waals surface area contributed by atoms with Gasteiger partial charge in [0.15, 0.2) is 16.6 Å². The summed E-state index contributed by atoms with van der Waals surface area (Å²) in [6.07, 6.45) is 0. The average molecular weight is 356 g/mol. The lowest BCUT2D eigenvalue weighted by Gasteiger charge is -2.23. The molecule has 3 rings (SSSR count). The van der Waals surface area contributed by atoms with Gasteiger partial charge in [-0.25, -0.2) is 0 Å². The van der Waals surface area contributed by atoms with E-state index >= 15 is 0 Å². The number of rotatable bonds is 4. The predicted octanol–water partition coefficient (Wildman–Crippen LogP) is 4.41. The molecule has 25 heavy (non-hydrogen) atoms. The largest absolute Gasteiger partial charge is 0.486 e. The second-order valence-corrected chi connectivity index (χ2v) is 6.93. The van der Waals surface area contributed by atoms with E-state index in [1.54, 1.807) is 0 Å². The predicted molar refractivity (Wildman–Crippen MR) is 106 cm³/mol. The van der Waals surface area contributed by atoms with Crippen LogP contribution in [-0.4, -0.2) is 30.3 Å². The second-order valence-electron chi connectivity index (χ2n) is 6.54. The average Bonchev–Trinajstić information content (AvgIpc) is 2.62. The highest BCUT2D eigenvalue weighted by Gasteiger charge is 2.13. The van der Waals surface area contributed by atoms with Crippen molar-refractivity contribution in [3.63, 3.8) is 0 Å². The Bertz CT molecular complexity index is 744. The molecule has 0 bridgehead atoms. The quantitative estimate of drug-likeness (QED) is 0.821. The van der Waals surface area contributed by atoms with Gasteiger partial charge in [-0.3, -0.25) is 0 Å². The third kappa shape index (κ3) is 4.42. The molecule has 0 aromatic heterocycles. The molecule has 4 nitrogen and oxygen atoms in total. The lowest BCUT2D eigenvalue weighted by Crippen LogP contribution is -2.30. The van der Waals surface area contributed by atoms with Crippen molar-refractivity contribution in [2.45, 2.75) is 26.3 Å². The second kappa shape index (κ2) is 7.74. The van der Waals surface area contributed by atoms with Crippen molar-refractivity contribution in [3.05, 3.63) is 53.6 Å². The van der Waals surface area contributed by atoms with Crippen molar-refractivity contribution in [2.24, 2.45) is 0 Å². The van der Waals surface area contributed by atoms with Crippen LogP contribution in [0.2, 0.25) is 0 Å². The summed E-state index contributed by atoms with van der Waals surface area (Å²) in [7, 11) is 1.98. The summed E-state index contributed by atoms with van der Waals surface area (Å²) in [6.45, 7) is 6.28. The number of benzene rings is 2. The fourth-order valence-electron chi connectivity index (χ4n) is 2.70. The number of nitrogens with zero attached hydrogens (tertiary/aromatic N) is 1. The van der Waals surface area contributed by atoms with Gasteiger partial charge in [0.1, 0.15) is 13.2 Å². The van der Waals surface area contributed by atoms with Crippen LogP contribution in [0.4, 0.5) is 5.69 Å². The van der Waals surface area contributed by atoms with E-state index in [1.165, 1.54) is 5.56 Å². The molecule has 0 radical (unpaired) electrons. The molecule has 132 valence electrons. The standard InChI is InChI=1S/C20H24N2O2S/c1-14(2)16-5-7-17(8-6-16)21-20(25)22(3)13-15-4-9-18-19(12-15)24-11-10-23-18/h4-9,12,14H,10-11,13H2,1-3H3,(H,21,25). The minimum atomic E-state index is 0.527. The van der Waals surface area contributed by atoms with Gasteiger partial charge < -0.3 is 19.7 Å². The molecule has 0 unspecified atom stereocenters. The van der Waals surface area contributed by atoms with Gasteiger partial charge in [-0.15, -0.1) is 0 Å². The summed E-state index contributed by atoms with van der Waals surface area (Å²) in [5.74, 6) is 2.14. The smallest absolute Gasteiger partial charge is 0.173 e. The molecule has 1 aliphatic heterocycles. The maximum atomic E-state index is 5.64. The van der Waals surface area contributed by atoms with E-state index in [2.05, 4.69) is 43.4 Å². The molecule has 1 aliphatic rings. The van der Waals surface area contributed by atoms with Crippen LogP contribution in [0.25, 0.3) is 0 Å². The first kappa shape index (κ1) is 17.5. The van der Waals surface area contributed by atoms with Crippen LogP contribution < -0.4 is 14.8 Å². The number of hydrogen-bond donors (Lipinski definition) is 1. The monoisotopic (exact) mass is 356 g/mol. The van der Waals surface area contributed by atoms with Crippen molar-refractivity contribution >= 4 is 23.0 Å². The van der Waals surface area contributed by atoms with Crippen LogP contribution in [0, 0.1) is 0 Å². The Kier molecular flexibility index (Phi) is 5.43. The molecule has 0 aliphatic carbocycles. The van der Waals surface area contributed by atoms with Crippen molar-refractivity contribution in [3.8, 4) is 11.5 Å². The first-order valence-corrected chi connectivity index (χ1v) is 8.94. The lowest BCUT2D eigenvalue weighted by atomic mass is 10.0. The van der Waals surface area contributed by atoms with E-state index in [1.807, 2.05) is 30.1 Å². The zero-order valence-corrected chi connectivity index (χ0v) is 15.7. The molecule has 5 heteroatoms. The first-order chi connectivity index (χ1) is 12.0. The van der Waals surface area contributed by atoms with E-state index in [4.69, 9.17) is 21.7 Å². The van der Waals surface area contributed by atoms with Crippen LogP contribution in [0.5, 0.6) is 11.5 Å². The van der Waals surface area contributed by atoms with Crippen molar-refractivity contribution in [1.29, 1.82) is 0 Å². The summed E-state index contributed by atoms with van der Waals surface area (Å²) in [6, 6.07) is 14.4. The molecular formula is C20H24N2O2S. The SMILES string of the molecule is CC(C)c1ccc(NC(=S)N(C)Cc2ccc3c(c2)OCCO3)cc1. The molecule has 1 N–H and O–H groups in total. The van der Waals surface area contributed by atoms with Crippen LogP contribution in [-0.2, 0) is 6.54 Å². The van der Waals surface area contributed by atoms with Crippen LogP contribution in [0.15, 0.2) is 42.5 Å². The molecule has 0 fully saturated rings. The fourth-order valence-corrected chi connectivity index (χ4v) is 2.88. The highest BCUT2D eigenvalue weighted by atomic mass is 32.1. The Balaban J connectivity index is 1.60. The number of ether oxygens (including phenoxy) is 2. The normalized spacial score (nSPS) is 12.8. The number of hydrogen-bond acceptors (Lipinski definition) is 3. The highest BCUT2D eigenvalue weighted by molar-refractivity contribution is 7.80. The van der Waals surface area contributed by atoms with Gasteiger partial charge in [0.2, 0.25) is 0 Å². The van der Waals surface area contributed by atoms with Crippen molar-refractivity contribution in [2.75, 3.05) is 25.6 Å². The Morgan fingerprint density at radius 3 is 2.44 bits per heavy atom. The van der Waals surface area contributed by atoms with E-state index in [-0.39, 0.29) is 0 Å². The molecule has 0 amide bonds. The maximum absolute atomic E-state index is 5.64. The van der Waals surface area contributed by atoms with Crippen molar-refractivity contribution < 1.29 is 9.47 Å². The van der Waals surface area contributed by atoms with Crippen LogP contribution >= 0.6 is 12.2 Å². The molecule has 1 heterocycles. The van der Waals surface area contributed by atoms with E-state index in [9.17, 15) is 0 Å². The molecule has 2 aromatic carbocycles. The number of fused-ring (bicyclic) bond motifs is 1. The third-order valence-electron chi connectivity index (χ3n) is 4.20. The Morgan fingerprint density at radius 2 is 1.76 bits per heavy atom. The van der Waals surface area contributed by atoms with Gasteiger partial charge in [0.25, 0.3) is 0 Å². The molecule has 0 atom stereocenters. The van der Waals surface area contributed by atoms with Gasteiger partial charge in [-0.05, 0) is 53.5 Å². The Morgan fingerprint density at radius 1 is 1.08 bits per heavy atom.